The van der Waals surface area contributed by atoms with Gasteiger partial charge in [-0.2, -0.15) is 8.78 Å². The van der Waals surface area contributed by atoms with E-state index in [1.54, 1.807) is 0 Å². The van der Waals surface area contributed by atoms with Crippen molar-refractivity contribution in [2.24, 2.45) is 17.8 Å². The number of unbranched alkanes of at least 4 members (excludes halogenated alkanes) is 2. The number of rotatable bonds is 7. The van der Waals surface area contributed by atoms with Gasteiger partial charge < -0.3 is 0 Å². The molecule has 0 atom stereocenters. The first-order chi connectivity index (χ1) is 13.2. The third kappa shape index (κ3) is 6.16. The van der Waals surface area contributed by atoms with Crippen molar-refractivity contribution in [3.8, 4) is 0 Å². The van der Waals surface area contributed by atoms with Crippen LogP contribution in [0, 0.1) is 17.8 Å². The first-order valence-electron chi connectivity index (χ1n) is 11.3. The van der Waals surface area contributed by atoms with Gasteiger partial charge in [0.1, 0.15) is 0 Å². The molecule has 0 bridgehead atoms. The van der Waals surface area contributed by atoms with Crippen LogP contribution in [0.5, 0.6) is 0 Å². The highest BCUT2D eigenvalue weighted by Crippen LogP contribution is 2.44. The third-order valence-electron chi connectivity index (χ3n) is 7.23. The Hall–Kier alpha value is -1.18. The summed E-state index contributed by atoms with van der Waals surface area (Å²) in [4.78, 5) is 0. The molecule has 1 aromatic rings. The van der Waals surface area contributed by atoms with Gasteiger partial charge in [0.25, 0.3) is 6.08 Å². The molecule has 2 fully saturated rings. The van der Waals surface area contributed by atoms with Crippen molar-refractivity contribution in [1.82, 2.24) is 0 Å². The normalized spacial score (nSPS) is 28.7. The van der Waals surface area contributed by atoms with Crippen molar-refractivity contribution >= 4 is 6.08 Å². The molecule has 0 amide bonds. The van der Waals surface area contributed by atoms with Gasteiger partial charge in [0.15, 0.2) is 0 Å². The molecule has 0 saturated heterocycles. The Morgan fingerprint density at radius 2 is 1.44 bits per heavy atom. The summed E-state index contributed by atoms with van der Waals surface area (Å²) in [6, 6.07) is 7.78. The zero-order valence-corrected chi connectivity index (χ0v) is 16.9. The van der Waals surface area contributed by atoms with E-state index in [2.05, 4.69) is 19.1 Å². The van der Waals surface area contributed by atoms with E-state index in [1.165, 1.54) is 82.6 Å². The zero-order valence-electron chi connectivity index (χ0n) is 16.9. The molecule has 0 aromatic heterocycles. The summed E-state index contributed by atoms with van der Waals surface area (Å²) in [7, 11) is 0. The number of hydrogen-bond donors (Lipinski definition) is 0. The fraction of sp³-hybridized carbons (Fsp3) is 0.680. The topological polar surface area (TPSA) is 0 Å². The van der Waals surface area contributed by atoms with Crippen molar-refractivity contribution in [1.29, 1.82) is 0 Å². The molecule has 0 N–H and O–H groups in total. The van der Waals surface area contributed by atoms with E-state index < -0.39 is 6.08 Å². The molecule has 0 heterocycles. The fourth-order valence-electron chi connectivity index (χ4n) is 5.55. The van der Waals surface area contributed by atoms with Gasteiger partial charge in [-0.05, 0) is 73.3 Å². The second-order valence-electron chi connectivity index (χ2n) is 8.99. The largest absolute Gasteiger partial charge is 0.270 e. The third-order valence-corrected chi connectivity index (χ3v) is 7.23. The molecule has 0 nitrogen and oxygen atoms in total. The van der Waals surface area contributed by atoms with Crippen LogP contribution in [0.2, 0.25) is 0 Å². The van der Waals surface area contributed by atoms with Crippen LogP contribution in [0.4, 0.5) is 8.78 Å². The molecule has 1 aromatic carbocycles. The van der Waals surface area contributed by atoms with Gasteiger partial charge in [0.05, 0.1) is 0 Å². The van der Waals surface area contributed by atoms with Crippen molar-refractivity contribution in [2.45, 2.75) is 89.9 Å². The van der Waals surface area contributed by atoms with Gasteiger partial charge in [-0.1, -0.05) is 69.7 Å². The number of hydrogen-bond acceptors (Lipinski definition) is 0. The minimum absolute atomic E-state index is 0.600. The molecule has 150 valence electrons. The summed E-state index contributed by atoms with van der Waals surface area (Å²) in [5, 5.41) is 0. The quantitative estimate of drug-likeness (QED) is 0.419. The molecule has 2 heteroatoms. The lowest BCUT2D eigenvalue weighted by Gasteiger charge is -2.38. The van der Waals surface area contributed by atoms with Crippen LogP contribution >= 0.6 is 0 Å². The molecule has 0 radical (unpaired) electrons. The average molecular weight is 375 g/mol. The summed E-state index contributed by atoms with van der Waals surface area (Å²) in [6.45, 7) is 2.29. The molecule has 2 saturated carbocycles. The van der Waals surface area contributed by atoms with Crippen LogP contribution in [-0.4, -0.2) is 0 Å². The summed E-state index contributed by atoms with van der Waals surface area (Å²) in [6.07, 6.45) is 16.1. The van der Waals surface area contributed by atoms with Gasteiger partial charge in [-0.3, -0.25) is 0 Å². The Labute approximate surface area is 164 Å². The fourth-order valence-corrected chi connectivity index (χ4v) is 5.55. The van der Waals surface area contributed by atoms with Gasteiger partial charge in [0, 0.05) is 6.08 Å². The molecule has 0 unspecified atom stereocenters. The summed E-state index contributed by atoms with van der Waals surface area (Å²) < 4.78 is 24.7. The number of benzene rings is 1. The predicted octanol–water partition coefficient (Wildman–Crippen LogP) is 8.58. The van der Waals surface area contributed by atoms with Crippen LogP contribution in [-0.2, 0) is 0 Å². The maximum absolute atomic E-state index is 12.4. The lowest BCUT2D eigenvalue weighted by molar-refractivity contribution is 0.155. The van der Waals surface area contributed by atoms with E-state index in [0.29, 0.717) is 11.5 Å². The Morgan fingerprint density at radius 3 is 2.00 bits per heavy atom. The lowest BCUT2D eigenvalue weighted by atomic mass is 9.68. The van der Waals surface area contributed by atoms with Crippen LogP contribution in [0.25, 0.3) is 6.08 Å². The van der Waals surface area contributed by atoms with Crippen molar-refractivity contribution in [2.75, 3.05) is 0 Å². The Kier molecular flexibility index (Phi) is 7.91. The predicted molar refractivity (Wildman–Crippen MR) is 111 cm³/mol. The van der Waals surface area contributed by atoms with E-state index >= 15 is 0 Å². The summed E-state index contributed by atoms with van der Waals surface area (Å²) in [5.41, 5.74) is 1.94. The SMILES string of the molecule is CCCCCC1CCC(C2CCC(c3ccc(C=C(F)F)cc3)CC2)CC1. The van der Waals surface area contributed by atoms with Crippen LogP contribution in [0.3, 0.4) is 0 Å². The zero-order chi connectivity index (χ0) is 19.1. The van der Waals surface area contributed by atoms with Crippen molar-refractivity contribution in [3.05, 3.63) is 41.5 Å². The van der Waals surface area contributed by atoms with E-state index in [1.807, 2.05) is 12.1 Å². The highest BCUT2D eigenvalue weighted by molar-refractivity contribution is 5.50. The summed E-state index contributed by atoms with van der Waals surface area (Å²) >= 11 is 0. The van der Waals surface area contributed by atoms with Crippen molar-refractivity contribution < 1.29 is 8.78 Å². The maximum atomic E-state index is 12.4. The van der Waals surface area contributed by atoms with Gasteiger partial charge >= 0.3 is 0 Å². The monoisotopic (exact) mass is 374 g/mol. The molecular formula is C25H36F2. The first kappa shape index (κ1) is 20.6. The first-order valence-corrected chi connectivity index (χ1v) is 11.3. The average Bonchev–Trinajstić information content (AvgIpc) is 2.69. The van der Waals surface area contributed by atoms with E-state index in [9.17, 15) is 8.78 Å². The molecule has 27 heavy (non-hydrogen) atoms. The van der Waals surface area contributed by atoms with E-state index in [0.717, 1.165) is 23.8 Å². The lowest BCUT2D eigenvalue weighted by Crippen LogP contribution is -2.25. The molecule has 2 aliphatic rings. The Morgan fingerprint density at radius 1 is 0.852 bits per heavy atom. The van der Waals surface area contributed by atoms with Gasteiger partial charge in [0.2, 0.25) is 0 Å². The molecule has 0 aliphatic heterocycles. The number of halogens is 2. The Bertz CT molecular complexity index is 569. The Balaban J connectivity index is 1.42. The van der Waals surface area contributed by atoms with Crippen LogP contribution < -0.4 is 0 Å². The second kappa shape index (κ2) is 10.4. The standard InChI is InChI=1S/C25H36F2/c1-2-3-4-5-19-6-10-21(11-7-19)23-14-16-24(17-15-23)22-12-8-20(9-13-22)18-25(26)27/h8-9,12-13,18-19,21,23-24H,2-7,10-11,14-17H2,1H3. The van der Waals surface area contributed by atoms with Gasteiger partial charge in [-0.25, -0.2) is 0 Å². The van der Waals surface area contributed by atoms with Crippen molar-refractivity contribution in [3.63, 3.8) is 0 Å². The highest BCUT2D eigenvalue weighted by atomic mass is 19.3. The van der Waals surface area contributed by atoms with E-state index in [4.69, 9.17) is 0 Å². The molecule has 3 rings (SSSR count). The maximum Gasteiger partial charge on any atom is 0.270 e. The smallest absolute Gasteiger partial charge is 0.173 e. The molecule has 0 spiro atoms. The molecular weight excluding hydrogens is 338 g/mol. The second-order valence-corrected chi connectivity index (χ2v) is 8.99. The van der Waals surface area contributed by atoms with E-state index in [-0.39, 0.29) is 0 Å². The summed E-state index contributed by atoms with van der Waals surface area (Å²) in [5.74, 6) is 3.53. The molecule has 2 aliphatic carbocycles. The minimum Gasteiger partial charge on any atom is -0.173 e. The van der Waals surface area contributed by atoms with Crippen LogP contribution in [0.1, 0.15) is 101 Å². The van der Waals surface area contributed by atoms with Gasteiger partial charge in [-0.15, -0.1) is 0 Å². The van der Waals surface area contributed by atoms with Crippen LogP contribution in [0.15, 0.2) is 30.3 Å². The minimum atomic E-state index is -1.62. The highest BCUT2D eigenvalue weighted by Gasteiger charge is 2.31.